The molecule has 0 spiro atoms. The molecule has 0 aliphatic heterocycles. The van der Waals surface area contributed by atoms with Crippen LogP contribution in [0, 0.1) is 3.57 Å². The number of aryl methyl sites for hydroxylation is 1. The van der Waals surface area contributed by atoms with Gasteiger partial charge in [-0.15, -0.1) is 0 Å². The van der Waals surface area contributed by atoms with E-state index in [9.17, 15) is 0 Å². The van der Waals surface area contributed by atoms with Gasteiger partial charge >= 0.3 is 0 Å². The molecular weight excluding hydrogens is 385 g/mol. The van der Waals surface area contributed by atoms with E-state index in [1.54, 1.807) is 0 Å². The first-order chi connectivity index (χ1) is 9.60. The first kappa shape index (κ1) is 13.7. The number of fused-ring (bicyclic) bond motifs is 1. The van der Waals surface area contributed by atoms with E-state index in [0.29, 0.717) is 0 Å². The SMILES string of the molecule is CCc1nc2cc(N)ccc2n1-c1ccc(Cl)cc1I. The van der Waals surface area contributed by atoms with Gasteiger partial charge in [0.25, 0.3) is 0 Å². The summed E-state index contributed by atoms with van der Waals surface area (Å²) in [4.78, 5) is 4.68. The summed E-state index contributed by atoms with van der Waals surface area (Å²) in [5.74, 6) is 1.02. The topological polar surface area (TPSA) is 43.8 Å². The van der Waals surface area contributed by atoms with Crippen molar-refractivity contribution < 1.29 is 0 Å². The summed E-state index contributed by atoms with van der Waals surface area (Å²) >= 11 is 8.35. The molecule has 20 heavy (non-hydrogen) atoms. The molecule has 0 fully saturated rings. The minimum atomic E-state index is 0.732. The molecule has 3 aromatic rings. The number of aromatic nitrogens is 2. The summed E-state index contributed by atoms with van der Waals surface area (Å²) < 4.78 is 3.27. The van der Waals surface area contributed by atoms with Crippen molar-refractivity contribution in [3.63, 3.8) is 0 Å². The molecule has 0 aliphatic rings. The average Bonchev–Trinajstić information content (AvgIpc) is 2.76. The summed E-state index contributed by atoms with van der Waals surface area (Å²) in [6, 6.07) is 11.7. The van der Waals surface area contributed by atoms with Crippen molar-refractivity contribution in [3.05, 3.63) is 50.8 Å². The molecule has 0 aliphatic carbocycles. The van der Waals surface area contributed by atoms with Crippen LogP contribution in [0.25, 0.3) is 16.7 Å². The Morgan fingerprint density at radius 2 is 2.05 bits per heavy atom. The van der Waals surface area contributed by atoms with Gasteiger partial charge in [-0.1, -0.05) is 18.5 Å². The van der Waals surface area contributed by atoms with Gasteiger partial charge in [-0.3, -0.25) is 4.57 Å². The summed E-state index contributed by atoms with van der Waals surface area (Å²) in [6.45, 7) is 2.10. The number of rotatable bonds is 2. The number of nitrogens with zero attached hydrogens (tertiary/aromatic N) is 2. The molecule has 102 valence electrons. The van der Waals surface area contributed by atoms with E-state index in [0.717, 1.165) is 43.2 Å². The Labute approximate surface area is 135 Å². The highest BCUT2D eigenvalue weighted by atomic mass is 127. The third kappa shape index (κ3) is 2.27. The van der Waals surface area contributed by atoms with Gasteiger partial charge in [-0.25, -0.2) is 4.98 Å². The molecular formula is C15H13ClIN3. The summed E-state index contributed by atoms with van der Waals surface area (Å²) in [7, 11) is 0. The van der Waals surface area contributed by atoms with Gasteiger partial charge in [0, 0.05) is 20.7 Å². The number of anilines is 1. The smallest absolute Gasteiger partial charge is 0.114 e. The number of nitrogens with two attached hydrogens (primary N) is 1. The fourth-order valence-corrected chi connectivity index (χ4v) is 3.43. The maximum Gasteiger partial charge on any atom is 0.114 e. The van der Waals surface area contributed by atoms with Gasteiger partial charge < -0.3 is 5.73 Å². The highest BCUT2D eigenvalue weighted by Gasteiger charge is 2.13. The zero-order chi connectivity index (χ0) is 14.3. The van der Waals surface area contributed by atoms with Crippen LogP contribution in [-0.4, -0.2) is 9.55 Å². The summed E-state index contributed by atoms with van der Waals surface area (Å²) in [6.07, 6.45) is 0.854. The van der Waals surface area contributed by atoms with E-state index in [2.05, 4.69) is 39.1 Å². The van der Waals surface area contributed by atoms with Crippen LogP contribution in [0.3, 0.4) is 0 Å². The first-order valence-corrected chi connectivity index (χ1v) is 7.78. The third-order valence-electron chi connectivity index (χ3n) is 3.21. The highest BCUT2D eigenvalue weighted by Crippen LogP contribution is 2.28. The van der Waals surface area contributed by atoms with E-state index in [-0.39, 0.29) is 0 Å². The van der Waals surface area contributed by atoms with Crippen LogP contribution in [0.4, 0.5) is 5.69 Å². The standard InChI is InChI=1S/C15H13ClIN3/c1-2-15-19-12-8-10(18)4-6-14(12)20(15)13-5-3-9(16)7-11(13)17/h3-8H,2,18H2,1H3. The highest BCUT2D eigenvalue weighted by molar-refractivity contribution is 14.1. The van der Waals surface area contributed by atoms with Gasteiger partial charge in [0.05, 0.1) is 16.7 Å². The zero-order valence-electron chi connectivity index (χ0n) is 10.9. The number of halogens is 2. The van der Waals surface area contributed by atoms with Crippen LogP contribution in [-0.2, 0) is 6.42 Å². The van der Waals surface area contributed by atoms with Crippen molar-refractivity contribution in [3.8, 4) is 5.69 Å². The second kappa shape index (κ2) is 5.26. The van der Waals surface area contributed by atoms with Crippen molar-refractivity contribution in [2.24, 2.45) is 0 Å². The minimum absolute atomic E-state index is 0.732. The molecule has 5 heteroatoms. The molecule has 0 saturated heterocycles. The van der Waals surface area contributed by atoms with Gasteiger partial charge in [0.15, 0.2) is 0 Å². The normalized spacial score (nSPS) is 11.2. The molecule has 2 N–H and O–H groups in total. The van der Waals surface area contributed by atoms with Crippen molar-refractivity contribution in [2.75, 3.05) is 5.73 Å². The Balaban J connectivity index is 2.34. The first-order valence-electron chi connectivity index (χ1n) is 6.32. The minimum Gasteiger partial charge on any atom is -0.399 e. The molecule has 0 amide bonds. The number of imidazole rings is 1. The number of hydrogen-bond donors (Lipinski definition) is 1. The average molecular weight is 398 g/mol. The molecule has 2 aromatic carbocycles. The van der Waals surface area contributed by atoms with E-state index in [4.69, 9.17) is 17.3 Å². The number of benzene rings is 2. The van der Waals surface area contributed by atoms with E-state index >= 15 is 0 Å². The predicted octanol–water partition coefficient (Wildman–Crippen LogP) is 4.43. The molecule has 0 radical (unpaired) electrons. The maximum atomic E-state index is 6.04. The lowest BCUT2D eigenvalue weighted by Crippen LogP contribution is -2.02. The number of hydrogen-bond acceptors (Lipinski definition) is 2. The Kier molecular flexibility index (Phi) is 3.60. The van der Waals surface area contributed by atoms with E-state index < -0.39 is 0 Å². The van der Waals surface area contributed by atoms with Crippen LogP contribution in [0.2, 0.25) is 5.02 Å². The van der Waals surface area contributed by atoms with Crippen molar-refractivity contribution in [1.82, 2.24) is 9.55 Å². The second-order valence-corrected chi connectivity index (χ2v) is 6.16. The Morgan fingerprint density at radius 3 is 2.75 bits per heavy atom. The lowest BCUT2D eigenvalue weighted by Gasteiger charge is -2.11. The summed E-state index contributed by atoms with van der Waals surface area (Å²) in [5.41, 5.74) is 9.66. The van der Waals surface area contributed by atoms with Crippen LogP contribution in [0.1, 0.15) is 12.7 Å². The molecule has 3 nitrogen and oxygen atoms in total. The van der Waals surface area contributed by atoms with Gasteiger partial charge in [0.2, 0.25) is 0 Å². The quantitative estimate of drug-likeness (QED) is 0.513. The fourth-order valence-electron chi connectivity index (χ4n) is 2.32. The number of nitrogen functional groups attached to an aromatic ring is 1. The third-order valence-corrected chi connectivity index (χ3v) is 4.31. The lowest BCUT2D eigenvalue weighted by atomic mass is 10.2. The van der Waals surface area contributed by atoms with Gasteiger partial charge in [-0.05, 0) is 59.0 Å². The Morgan fingerprint density at radius 1 is 1.25 bits per heavy atom. The van der Waals surface area contributed by atoms with Gasteiger partial charge in [0.1, 0.15) is 5.82 Å². The molecule has 0 unspecified atom stereocenters. The van der Waals surface area contributed by atoms with Crippen molar-refractivity contribution >= 4 is 50.9 Å². The largest absolute Gasteiger partial charge is 0.399 e. The predicted molar refractivity (Wildman–Crippen MR) is 92.6 cm³/mol. The van der Waals surface area contributed by atoms with E-state index in [1.807, 2.05) is 36.4 Å². The molecule has 0 atom stereocenters. The maximum absolute atomic E-state index is 6.04. The Bertz CT molecular complexity index is 795. The molecule has 3 rings (SSSR count). The van der Waals surface area contributed by atoms with Crippen LogP contribution >= 0.6 is 34.2 Å². The van der Waals surface area contributed by atoms with E-state index in [1.165, 1.54) is 0 Å². The second-order valence-electron chi connectivity index (χ2n) is 4.56. The molecule has 1 heterocycles. The summed E-state index contributed by atoms with van der Waals surface area (Å²) in [5, 5.41) is 0.741. The van der Waals surface area contributed by atoms with Crippen molar-refractivity contribution in [2.45, 2.75) is 13.3 Å². The van der Waals surface area contributed by atoms with Crippen LogP contribution in [0.5, 0.6) is 0 Å². The van der Waals surface area contributed by atoms with Crippen LogP contribution in [0.15, 0.2) is 36.4 Å². The molecule has 1 aromatic heterocycles. The molecule has 0 bridgehead atoms. The molecule has 0 saturated carbocycles. The van der Waals surface area contributed by atoms with Gasteiger partial charge in [-0.2, -0.15) is 0 Å². The van der Waals surface area contributed by atoms with Crippen molar-refractivity contribution in [1.29, 1.82) is 0 Å². The fraction of sp³-hybridized carbons (Fsp3) is 0.133. The lowest BCUT2D eigenvalue weighted by molar-refractivity contribution is 0.905. The van der Waals surface area contributed by atoms with Crippen LogP contribution < -0.4 is 5.73 Å². The monoisotopic (exact) mass is 397 g/mol. The zero-order valence-corrected chi connectivity index (χ0v) is 13.8. The Hall–Kier alpha value is -1.27.